The quantitative estimate of drug-likeness (QED) is 0.686. The molecule has 0 aliphatic rings. The van der Waals surface area contributed by atoms with Gasteiger partial charge in [0.05, 0.1) is 0 Å². The summed E-state index contributed by atoms with van der Waals surface area (Å²) in [5, 5.41) is 0. The molecule has 0 aliphatic carbocycles. The van der Waals surface area contributed by atoms with E-state index in [2.05, 4.69) is 4.52 Å². The Hall–Kier alpha value is -0.640. The van der Waals surface area contributed by atoms with Crippen LogP contribution in [0.1, 0.15) is 0 Å². The van der Waals surface area contributed by atoms with E-state index in [4.69, 9.17) is 14.7 Å². The van der Waals surface area contributed by atoms with Gasteiger partial charge in [-0.15, -0.1) is 0 Å². The van der Waals surface area contributed by atoms with Gasteiger partial charge in [-0.05, 0) is 12.1 Å². The Kier molecular flexibility index (Phi) is 3.14. The van der Waals surface area contributed by atoms with Crippen LogP contribution in [0.2, 0.25) is 0 Å². The fourth-order valence-electron chi connectivity index (χ4n) is 0.672. The average molecular weight is 238 g/mol. The highest BCUT2D eigenvalue weighted by atomic mass is 32.1. The Labute approximate surface area is 79.7 Å². The normalized spacial score (nSPS) is 15.9. The van der Waals surface area contributed by atoms with Gasteiger partial charge >= 0.3 is 14.6 Å². The summed E-state index contributed by atoms with van der Waals surface area (Å²) in [6.45, 7) is 0. The lowest BCUT2D eigenvalue weighted by atomic mass is 10.3. The summed E-state index contributed by atoms with van der Waals surface area (Å²) >= 11 is 0. The third-order valence-electron chi connectivity index (χ3n) is 1.30. The minimum Gasteiger partial charge on any atom is -0.417 e. The molecule has 14 heavy (non-hydrogen) atoms. The minimum atomic E-state index is -5.15. The molecule has 1 rings (SSSR count). The molecule has 0 heterocycles. The third kappa shape index (κ3) is 2.67. The van der Waals surface area contributed by atoms with Crippen molar-refractivity contribution in [1.82, 2.24) is 0 Å². The summed E-state index contributed by atoms with van der Waals surface area (Å²) in [6.07, 6.45) is 0. The van der Waals surface area contributed by atoms with Crippen LogP contribution in [-0.2, 0) is 9.13 Å². The number of para-hydroxylation sites is 1. The molecule has 78 valence electrons. The molecule has 3 N–H and O–H groups in total. The van der Waals surface area contributed by atoms with Crippen LogP contribution in [-0.4, -0.2) is 14.7 Å². The lowest BCUT2D eigenvalue weighted by Gasteiger charge is -2.13. The van der Waals surface area contributed by atoms with Gasteiger partial charge in [-0.1, -0.05) is 18.2 Å². The summed E-state index contributed by atoms with van der Waals surface area (Å²) in [7, 11) is -10.1. The number of hydrogen-bond acceptors (Lipinski definition) is 3. The second-order valence-electron chi connectivity index (χ2n) is 2.41. The summed E-state index contributed by atoms with van der Waals surface area (Å²) in [5.41, 5.74) is 0. The molecule has 0 saturated carbocycles. The Morgan fingerprint density at radius 2 is 1.50 bits per heavy atom. The van der Waals surface area contributed by atoms with Crippen molar-refractivity contribution in [3.05, 3.63) is 30.3 Å². The van der Waals surface area contributed by atoms with Crippen molar-refractivity contribution in [2.24, 2.45) is 0 Å². The maximum absolute atomic E-state index is 11.0. The van der Waals surface area contributed by atoms with E-state index in [1.165, 1.54) is 24.3 Å². The van der Waals surface area contributed by atoms with Crippen LogP contribution in [0.4, 0.5) is 0 Å². The highest BCUT2D eigenvalue weighted by Gasteiger charge is 2.43. The van der Waals surface area contributed by atoms with E-state index in [9.17, 15) is 9.13 Å². The molecule has 0 spiro atoms. The Morgan fingerprint density at radius 3 is 1.93 bits per heavy atom. The molecule has 0 amide bonds. The van der Waals surface area contributed by atoms with Gasteiger partial charge in [0, 0.05) is 0 Å². The molecule has 1 atom stereocenters. The van der Waals surface area contributed by atoms with Crippen LogP contribution in [0, 0.1) is 0 Å². The molecule has 0 bridgehead atoms. The van der Waals surface area contributed by atoms with Gasteiger partial charge in [-0.25, -0.2) is 9.13 Å². The standard InChI is InChI=1S/C6H8O6P2/c7-13(8,9)14(10,11)12-6-4-2-1-3-5-6/h1-5H,(H,10,11)(H2,7,8,9). The topological polar surface area (TPSA) is 104 Å². The van der Waals surface area contributed by atoms with Gasteiger partial charge in [0.25, 0.3) is 0 Å². The van der Waals surface area contributed by atoms with E-state index >= 15 is 0 Å². The first-order valence-corrected chi connectivity index (χ1v) is 7.36. The van der Waals surface area contributed by atoms with Crippen LogP contribution < -0.4 is 4.52 Å². The van der Waals surface area contributed by atoms with Gasteiger partial charge in [0.1, 0.15) is 5.75 Å². The zero-order valence-electron chi connectivity index (χ0n) is 6.85. The molecule has 1 unspecified atom stereocenters. The summed E-state index contributed by atoms with van der Waals surface area (Å²) in [5.74, 6) is -0.0679. The number of rotatable bonds is 3. The van der Waals surface area contributed by atoms with Crippen LogP contribution in [0.25, 0.3) is 0 Å². The van der Waals surface area contributed by atoms with Crippen molar-refractivity contribution in [2.75, 3.05) is 0 Å². The smallest absolute Gasteiger partial charge is 0.417 e. The minimum absolute atomic E-state index is 0.0679. The van der Waals surface area contributed by atoms with Gasteiger partial charge in [-0.2, -0.15) is 0 Å². The summed E-state index contributed by atoms with van der Waals surface area (Å²) < 4.78 is 25.8. The summed E-state index contributed by atoms with van der Waals surface area (Å²) in [6, 6.07) is 7.29. The van der Waals surface area contributed by atoms with Crippen LogP contribution in [0.5, 0.6) is 5.75 Å². The van der Waals surface area contributed by atoms with E-state index in [1.807, 2.05) is 0 Å². The summed E-state index contributed by atoms with van der Waals surface area (Å²) in [4.78, 5) is 25.8. The fourth-order valence-corrected chi connectivity index (χ4v) is 1.78. The first-order chi connectivity index (χ1) is 6.33. The maximum atomic E-state index is 11.0. The van der Waals surface area contributed by atoms with E-state index in [-0.39, 0.29) is 5.75 Å². The van der Waals surface area contributed by atoms with Crippen LogP contribution in [0.3, 0.4) is 0 Å². The van der Waals surface area contributed by atoms with Gasteiger partial charge in [0.15, 0.2) is 0 Å². The lowest BCUT2D eigenvalue weighted by Crippen LogP contribution is -1.92. The first kappa shape index (κ1) is 11.4. The molecule has 1 aromatic rings. The van der Waals surface area contributed by atoms with Crippen molar-refractivity contribution in [1.29, 1.82) is 0 Å². The predicted molar refractivity (Wildman–Crippen MR) is 48.9 cm³/mol. The van der Waals surface area contributed by atoms with Crippen molar-refractivity contribution >= 4 is 14.6 Å². The first-order valence-electron chi connectivity index (χ1n) is 3.46. The van der Waals surface area contributed by atoms with Crippen molar-refractivity contribution in [2.45, 2.75) is 0 Å². The molecular formula is C6H8O6P2. The van der Waals surface area contributed by atoms with Gasteiger partial charge in [-0.3, -0.25) is 0 Å². The number of benzene rings is 1. The SMILES string of the molecule is O=P(O)(O)P(=O)(O)Oc1ccccc1. The van der Waals surface area contributed by atoms with E-state index in [1.54, 1.807) is 6.07 Å². The number of hydrogen-bond donors (Lipinski definition) is 3. The van der Waals surface area contributed by atoms with Crippen LogP contribution >= 0.6 is 14.6 Å². The van der Waals surface area contributed by atoms with E-state index in [0.29, 0.717) is 0 Å². The van der Waals surface area contributed by atoms with Crippen LogP contribution in [0.15, 0.2) is 30.3 Å². The second kappa shape index (κ2) is 3.85. The second-order valence-corrected chi connectivity index (χ2v) is 7.68. The van der Waals surface area contributed by atoms with Crippen molar-refractivity contribution in [3.8, 4) is 5.75 Å². The molecule has 0 aliphatic heterocycles. The monoisotopic (exact) mass is 238 g/mol. The fraction of sp³-hybridized carbons (Fsp3) is 0. The Bertz CT molecular complexity index is 396. The zero-order chi connectivity index (χ0) is 10.8. The molecule has 0 fully saturated rings. The molecule has 0 radical (unpaired) electrons. The molecule has 0 aromatic heterocycles. The predicted octanol–water partition coefficient (Wildman–Crippen LogP) is 1.34. The van der Waals surface area contributed by atoms with E-state index in [0.717, 1.165) is 0 Å². The van der Waals surface area contributed by atoms with Crippen molar-refractivity contribution in [3.63, 3.8) is 0 Å². The lowest BCUT2D eigenvalue weighted by molar-refractivity contribution is 0.344. The third-order valence-corrected chi connectivity index (χ3v) is 4.62. The van der Waals surface area contributed by atoms with Gasteiger partial charge in [0.2, 0.25) is 0 Å². The maximum Gasteiger partial charge on any atom is 0.487 e. The van der Waals surface area contributed by atoms with Gasteiger partial charge < -0.3 is 19.2 Å². The van der Waals surface area contributed by atoms with E-state index < -0.39 is 14.6 Å². The zero-order valence-corrected chi connectivity index (χ0v) is 8.64. The highest BCUT2D eigenvalue weighted by Crippen LogP contribution is 2.74. The highest BCUT2D eigenvalue weighted by molar-refractivity contribution is 8.26. The van der Waals surface area contributed by atoms with Crippen molar-refractivity contribution < 1.29 is 28.3 Å². The molecule has 1 aromatic carbocycles. The largest absolute Gasteiger partial charge is 0.487 e. The molecule has 6 nitrogen and oxygen atoms in total. The molecule has 0 saturated heterocycles. The Balaban J connectivity index is 2.91. The Morgan fingerprint density at radius 1 is 1.00 bits per heavy atom. The molecular weight excluding hydrogens is 230 g/mol. The average Bonchev–Trinajstić information content (AvgIpc) is 2.03. The molecule has 8 heteroatoms.